The maximum atomic E-state index is 13.1. The number of ether oxygens (including phenoxy) is 2. The minimum atomic E-state index is -0.645. The second kappa shape index (κ2) is 7.75. The average molecular weight is 393 g/mol. The third kappa shape index (κ3) is 3.33. The summed E-state index contributed by atoms with van der Waals surface area (Å²) >= 11 is 0. The van der Waals surface area contributed by atoms with Gasteiger partial charge in [-0.05, 0) is 36.8 Å². The normalized spacial score (nSPS) is 14.1. The topological polar surface area (TPSA) is 94.8 Å². The summed E-state index contributed by atoms with van der Waals surface area (Å²) in [6.45, 7) is 2.31. The molecule has 0 spiro atoms. The van der Waals surface area contributed by atoms with Crippen molar-refractivity contribution in [1.82, 2.24) is 15.1 Å². The Balaban J connectivity index is 1.78. The second-order valence-corrected chi connectivity index (χ2v) is 6.42. The number of hydrogen-bond acceptors (Lipinski definition) is 7. The number of benzene rings is 2. The fraction of sp³-hybridized carbons (Fsp3) is 0.238. The molecule has 1 aliphatic rings. The van der Waals surface area contributed by atoms with Crippen LogP contribution in [0.2, 0.25) is 0 Å². The average Bonchev–Trinajstić information content (AvgIpc) is 3.34. The molecule has 8 heteroatoms. The quantitative estimate of drug-likeness (QED) is 0.569. The Labute approximate surface area is 167 Å². The van der Waals surface area contributed by atoms with Gasteiger partial charge < -0.3 is 13.9 Å². The number of rotatable bonds is 7. The molecule has 0 N–H and O–H groups in total. The standard InChI is InChI=1S/C21H19N3O5/c1-3-28-18-10-13(8-9-17(18)27-2)16(11-19-23-22-12-29-19)24-20(25)14-6-4-5-7-15(14)21(24)26/h4-10,12,16H,3,11H2,1-2H3/t16-/m0/s1. The van der Waals surface area contributed by atoms with E-state index in [0.29, 0.717) is 40.7 Å². The highest BCUT2D eigenvalue weighted by Crippen LogP contribution is 2.37. The van der Waals surface area contributed by atoms with Gasteiger partial charge in [0.1, 0.15) is 0 Å². The van der Waals surface area contributed by atoms with Crippen LogP contribution in [0.4, 0.5) is 0 Å². The zero-order valence-electron chi connectivity index (χ0n) is 16.0. The minimum Gasteiger partial charge on any atom is -0.493 e. The molecule has 29 heavy (non-hydrogen) atoms. The van der Waals surface area contributed by atoms with E-state index in [2.05, 4.69) is 10.2 Å². The summed E-state index contributed by atoms with van der Waals surface area (Å²) in [4.78, 5) is 27.4. The smallest absolute Gasteiger partial charge is 0.262 e. The molecule has 8 nitrogen and oxygen atoms in total. The van der Waals surface area contributed by atoms with Gasteiger partial charge in [-0.15, -0.1) is 10.2 Å². The van der Waals surface area contributed by atoms with Crippen molar-refractivity contribution in [2.24, 2.45) is 0 Å². The number of carbonyl (C=O) groups is 2. The fourth-order valence-corrected chi connectivity index (χ4v) is 3.47. The van der Waals surface area contributed by atoms with Crippen LogP contribution < -0.4 is 9.47 Å². The van der Waals surface area contributed by atoms with Gasteiger partial charge in [-0.2, -0.15) is 0 Å². The molecule has 1 aromatic heterocycles. The van der Waals surface area contributed by atoms with E-state index in [4.69, 9.17) is 13.9 Å². The van der Waals surface area contributed by atoms with E-state index in [1.54, 1.807) is 49.6 Å². The van der Waals surface area contributed by atoms with E-state index in [1.807, 2.05) is 6.92 Å². The Morgan fingerprint density at radius 1 is 1.07 bits per heavy atom. The summed E-state index contributed by atoms with van der Waals surface area (Å²) in [7, 11) is 1.55. The highest BCUT2D eigenvalue weighted by atomic mass is 16.5. The van der Waals surface area contributed by atoms with Gasteiger partial charge in [0.15, 0.2) is 11.5 Å². The zero-order valence-corrected chi connectivity index (χ0v) is 16.0. The number of amides is 2. The Hall–Kier alpha value is -3.68. The molecule has 1 aliphatic heterocycles. The molecule has 0 aliphatic carbocycles. The number of nitrogens with zero attached hydrogens (tertiary/aromatic N) is 3. The highest BCUT2D eigenvalue weighted by Gasteiger charge is 2.41. The van der Waals surface area contributed by atoms with Crippen molar-refractivity contribution in [3.8, 4) is 11.5 Å². The summed E-state index contributed by atoms with van der Waals surface area (Å²) in [5.74, 6) is 0.697. The lowest BCUT2D eigenvalue weighted by Crippen LogP contribution is -2.35. The van der Waals surface area contributed by atoms with E-state index in [1.165, 1.54) is 11.3 Å². The van der Waals surface area contributed by atoms with Gasteiger partial charge >= 0.3 is 0 Å². The van der Waals surface area contributed by atoms with Gasteiger partial charge in [0, 0.05) is 0 Å². The molecule has 0 unspecified atom stereocenters. The lowest BCUT2D eigenvalue weighted by Gasteiger charge is -2.26. The predicted molar refractivity (Wildman–Crippen MR) is 102 cm³/mol. The SMILES string of the molecule is CCOc1cc([C@H](Cc2nnco2)N2C(=O)c3ccccc3C2=O)ccc1OC. The van der Waals surface area contributed by atoms with Crippen LogP contribution in [0.25, 0.3) is 0 Å². The van der Waals surface area contributed by atoms with E-state index >= 15 is 0 Å². The Morgan fingerprint density at radius 3 is 2.38 bits per heavy atom. The monoisotopic (exact) mass is 393 g/mol. The lowest BCUT2D eigenvalue weighted by molar-refractivity contribution is 0.0576. The Morgan fingerprint density at radius 2 is 1.79 bits per heavy atom. The molecule has 2 aromatic carbocycles. The summed E-state index contributed by atoms with van der Waals surface area (Å²) in [5, 5.41) is 7.62. The maximum Gasteiger partial charge on any atom is 0.262 e. The van der Waals surface area contributed by atoms with E-state index in [-0.39, 0.29) is 18.2 Å². The Kier molecular flexibility index (Phi) is 4.99. The molecule has 1 atom stereocenters. The summed E-state index contributed by atoms with van der Waals surface area (Å²) in [6.07, 6.45) is 1.40. The molecule has 2 heterocycles. The summed E-state index contributed by atoms with van der Waals surface area (Å²) in [6, 6.07) is 11.5. The van der Waals surface area contributed by atoms with Crippen molar-refractivity contribution in [3.05, 3.63) is 71.4 Å². The summed E-state index contributed by atoms with van der Waals surface area (Å²) < 4.78 is 16.3. The van der Waals surface area contributed by atoms with Crippen molar-refractivity contribution < 1.29 is 23.5 Å². The summed E-state index contributed by atoms with van der Waals surface area (Å²) in [5.41, 5.74) is 1.46. The lowest BCUT2D eigenvalue weighted by atomic mass is 10.0. The molecular formula is C21H19N3O5. The second-order valence-electron chi connectivity index (χ2n) is 6.42. The van der Waals surface area contributed by atoms with Crippen LogP contribution in [0.15, 0.2) is 53.3 Å². The van der Waals surface area contributed by atoms with Gasteiger partial charge in [0.25, 0.3) is 11.8 Å². The van der Waals surface area contributed by atoms with Crippen LogP contribution in [-0.4, -0.2) is 40.6 Å². The number of hydrogen-bond donors (Lipinski definition) is 0. The molecule has 2 amide bonds. The van der Waals surface area contributed by atoms with Gasteiger partial charge in [0.2, 0.25) is 12.3 Å². The van der Waals surface area contributed by atoms with E-state index < -0.39 is 6.04 Å². The van der Waals surface area contributed by atoms with Crippen molar-refractivity contribution in [1.29, 1.82) is 0 Å². The molecular weight excluding hydrogens is 374 g/mol. The Bertz CT molecular complexity index is 1010. The van der Waals surface area contributed by atoms with Crippen LogP contribution in [0.1, 0.15) is 45.1 Å². The van der Waals surface area contributed by atoms with Crippen molar-refractivity contribution >= 4 is 11.8 Å². The first-order valence-electron chi connectivity index (χ1n) is 9.16. The van der Waals surface area contributed by atoms with E-state index in [9.17, 15) is 9.59 Å². The highest BCUT2D eigenvalue weighted by molar-refractivity contribution is 6.21. The zero-order chi connectivity index (χ0) is 20.4. The van der Waals surface area contributed by atoms with Crippen LogP contribution in [-0.2, 0) is 6.42 Å². The maximum absolute atomic E-state index is 13.1. The van der Waals surface area contributed by atoms with Crippen LogP contribution in [0.5, 0.6) is 11.5 Å². The van der Waals surface area contributed by atoms with Crippen LogP contribution in [0.3, 0.4) is 0 Å². The van der Waals surface area contributed by atoms with Gasteiger partial charge in [0.05, 0.1) is 37.3 Å². The molecule has 148 valence electrons. The first kappa shape index (κ1) is 18.7. The molecule has 0 saturated heterocycles. The largest absolute Gasteiger partial charge is 0.493 e. The third-order valence-corrected chi connectivity index (χ3v) is 4.78. The van der Waals surface area contributed by atoms with Crippen LogP contribution >= 0.6 is 0 Å². The van der Waals surface area contributed by atoms with Gasteiger partial charge in [-0.3, -0.25) is 14.5 Å². The molecule has 0 radical (unpaired) electrons. The first-order chi connectivity index (χ1) is 14.1. The molecule has 0 fully saturated rings. The van der Waals surface area contributed by atoms with E-state index in [0.717, 1.165) is 0 Å². The van der Waals surface area contributed by atoms with Crippen LogP contribution in [0, 0.1) is 0 Å². The van der Waals surface area contributed by atoms with Crippen molar-refractivity contribution in [3.63, 3.8) is 0 Å². The first-order valence-corrected chi connectivity index (χ1v) is 9.16. The number of imide groups is 1. The fourth-order valence-electron chi connectivity index (χ4n) is 3.47. The minimum absolute atomic E-state index is 0.184. The number of carbonyl (C=O) groups excluding carboxylic acids is 2. The third-order valence-electron chi connectivity index (χ3n) is 4.78. The number of methoxy groups -OCH3 is 1. The molecule has 0 saturated carbocycles. The van der Waals surface area contributed by atoms with Gasteiger partial charge in [-0.1, -0.05) is 18.2 Å². The van der Waals surface area contributed by atoms with Crippen molar-refractivity contribution in [2.75, 3.05) is 13.7 Å². The van der Waals surface area contributed by atoms with Crippen molar-refractivity contribution in [2.45, 2.75) is 19.4 Å². The number of aromatic nitrogens is 2. The van der Waals surface area contributed by atoms with Gasteiger partial charge in [-0.25, -0.2) is 0 Å². The predicted octanol–water partition coefficient (Wildman–Crippen LogP) is 3.06. The molecule has 3 aromatic rings. The number of fused-ring (bicyclic) bond motifs is 1. The molecule has 0 bridgehead atoms. The molecule has 4 rings (SSSR count).